The third-order valence-corrected chi connectivity index (χ3v) is 3.26. The summed E-state index contributed by atoms with van der Waals surface area (Å²) in [5, 5.41) is 8.21. The molecule has 2 N–H and O–H groups in total. The molecule has 2 rings (SSSR count). The van der Waals surface area contributed by atoms with Gasteiger partial charge in [0, 0.05) is 17.3 Å². The van der Waals surface area contributed by atoms with Gasteiger partial charge in [-0.2, -0.15) is 0 Å². The second kappa shape index (κ2) is 5.20. The van der Waals surface area contributed by atoms with Gasteiger partial charge < -0.3 is 10.5 Å². The summed E-state index contributed by atoms with van der Waals surface area (Å²) in [4.78, 5) is 4.45. The lowest BCUT2D eigenvalue weighted by atomic mass is 10.0. The summed E-state index contributed by atoms with van der Waals surface area (Å²) in [5.41, 5.74) is 9.24. The Labute approximate surface area is 119 Å². The van der Waals surface area contributed by atoms with Crippen molar-refractivity contribution in [2.75, 3.05) is 7.11 Å². The molecule has 0 spiro atoms. The third-order valence-electron chi connectivity index (χ3n) is 3.26. The van der Waals surface area contributed by atoms with Crippen molar-refractivity contribution >= 4 is 0 Å². The molecule has 0 aromatic carbocycles. The minimum atomic E-state index is -0.494. The molecule has 0 amide bonds. The van der Waals surface area contributed by atoms with Crippen LogP contribution in [0.2, 0.25) is 0 Å². The lowest BCUT2D eigenvalue weighted by molar-refractivity contribution is 0.406. The van der Waals surface area contributed by atoms with E-state index < -0.39 is 5.54 Å². The highest BCUT2D eigenvalue weighted by atomic mass is 16.5. The molecular formula is C14H21N5O. The van der Waals surface area contributed by atoms with Crippen LogP contribution in [0.1, 0.15) is 36.4 Å². The topological polar surface area (TPSA) is 78.9 Å². The van der Waals surface area contributed by atoms with Crippen molar-refractivity contribution in [1.29, 1.82) is 0 Å². The zero-order valence-electron chi connectivity index (χ0n) is 12.6. The van der Waals surface area contributed by atoms with Crippen LogP contribution in [0.25, 0.3) is 0 Å². The van der Waals surface area contributed by atoms with E-state index in [9.17, 15) is 0 Å². The Morgan fingerprint density at radius 2 is 2.05 bits per heavy atom. The van der Waals surface area contributed by atoms with Crippen molar-refractivity contribution in [3.63, 3.8) is 0 Å². The van der Waals surface area contributed by atoms with Crippen molar-refractivity contribution in [2.45, 2.75) is 39.8 Å². The number of pyridine rings is 1. The third kappa shape index (κ3) is 2.80. The predicted molar refractivity (Wildman–Crippen MR) is 76.6 cm³/mol. The number of nitrogens with zero attached hydrogens (tertiary/aromatic N) is 4. The first-order valence-corrected chi connectivity index (χ1v) is 6.51. The van der Waals surface area contributed by atoms with Crippen molar-refractivity contribution in [2.24, 2.45) is 5.73 Å². The second-order valence-corrected chi connectivity index (χ2v) is 5.57. The molecule has 0 unspecified atom stereocenters. The van der Waals surface area contributed by atoms with Gasteiger partial charge in [0.15, 0.2) is 0 Å². The summed E-state index contributed by atoms with van der Waals surface area (Å²) in [5.74, 6) is 0.870. The Morgan fingerprint density at radius 1 is 1.35 bits per heavy atom. The molecule has 108 valence electrons. The van der Waals surface area contributed by atoms with E-state index >= 15 is 0 Å². The number of hydrogen-bond donors (Lipinski definition) is 1. The summed E-state index contributed by atoms with van der Waals surface area (Å²) in [7, 11) is 1.67. The molecule has 0 atom stereocenters. The molecular weight excluding hydrogens is 254 g/mol. The number of rotatable bonds is 4. The van der Waals surface area contributed by atoms with Crippen molar-refractivity contribution in [1.82, 2.24) is 20.0 Å². The number of ether oxygens (including phenoxy) is 1. The molecule has 2 aromatic rings. The Hall–Kier alpha value is -1.95. The molecule has 0 aliphatic heterocycles. The second-order valence-electron chi connectivity index (χ2n) is 5.57. The Morgan fingerprint density at radius 3 is 2.60 bits per heavy atom. The van der Waals surface area contributed by atoms with Crippen LogP contribution in [0, 0.1) is 13.8 Å². The van der Waals surface area contributed by atoms with Crippen molar-refractivity contribution in [3.05, 3.63) is 34.9 Å². The predicted octanol–water partition coefficient (Wildman–Crippen LogP) is 1.54. The van der Waals surface area contributed by atoms with E-state index in [4.69, 9.17) is 10.5 Å². The van der Waals surface area contributed by atoms with Gasteiger partial charge in [-0.3, -0.25) is 4.98 Å². The van der Waals surface area contributed by atoms with Gasteiger partial charge in [0.1, 0.15) is 11.4 Å². The molecule has 0 saturated heterocycles. The highest BCUT2D eigenvalue weighted by Crippen LogP contribution is 2.24. The van der Waals surface area contributed by atoms with E-state index in [0.29, 0.717) is 6.54 Å². The van der Waals surface area contributed by atoms with E-state index in [2.05, 4.69) is 15.3 Å². The summed E-state index contributed by atoms with van der Waals surface area (Å²) in [6, 6.07) is 0. The average molecular weight is 275 g/mol. The van der Waals surface area contributed by atoms with Crippen LogP contribution in [0.4, 0.5) is 0 Å². The molecule has 0 fully saturated rings. The molecule has 0 radical (unpaired) electrons. The maximum atomic E-state index is 6.01. The first-order chi connectivity index (χ1) is 9.32. The van der Waals surface area contributed by atoms with Crippen LogP contribution in [-0.2, 0) is 12.1 Å². The van der Waals surface area contributed by atoms with Crippen molar-refractivity contribution < 1.29 is 4.74 Å². The van der Waals surface area contributed by atoms with Gasteiger partial charge in [-0.25, -0.2) is 4.68 Å². The maximum absolute atomic E-state index is 6.01. The van der Waals surface area contributed by atoms with Crippen LogP contribution in [0.3, 0.4) is 0 Å². The standard InChI is InChI=1S/C14H21N5O/c1-9-6-16-11(10(2)13(9)20-5)7-19-8-12(17-18-19)14(3,4)15/h6,8H,7,15H2,1-5H3. The lowest BCUT2D eigenvalue weighted by Crippen LogP contribution is -2.29. The minimum absolute atomic E-state index is 0.494. The zero-order chi connectivity index (χ0) is 14.9. The lowest BCUT2D eigenvalue weighted by Gasteiger charge is -2.13. The molecule has 0 saturated carbocycles. The van der Waals surface area contributed by atoms with E-state index in [1.807, 2.05) is 40.1 Å². The van der Waals surface area contributed by atoms with Crippen LogP contribution >= 0.6 is 0 Å². The molecule has 20 heavy (non-hydrogen) atoms. The molecule has 6 nitrogen and oxygen atoms in total. The summed E-state index contributed by atoms with van der Waals surface area (Å²) in [6.45, 7) is 8.33. The van der Waals surface area contributed by atoms with Gasteiger partial charge in [0.05, 0.1) is 31.1 Å². The largest absolute Gasteiger partial charge is 0.496 e. The van der Waals surface area contributed by atoms with Gasteiger partial charge in [-0.15, -0.1) is 5.10 Å². The fourth-order valence-electron chi connectivity index (χ4n) is 2.05. The number of methoxy groups -OCH3 is 1. The number of aryl methyl sites for hydroxylation is 1. The number of nitrogens with two attached hydrogens (primary N) is 1. The van der Waals surface area contributed by atoms with E-state index in [0.717, 1.165) is 28.3 Å². The summed E-state index contributed by atoms with van der Waals surface area (Å²) in [6.07, 6.45) is 3.67. The molecule has 0 aliphatic rings. The van der Waals surface area contributed by atoms with Crippen LogP contribution in [0.15, 0.2) is 12.4 Å². The maximum Gasteiger partial charge on any atom is 0.128 e. The fourth-order valence-corrected chi connectivity index (χ4v) is 2.05. The molecule has 6 heteroatoms. The molecule has 0 aliphatic carbocycles. The minimum Gasteiger partial charge on any atom is -0.496 e. The molecule has 2 heterocycles. The van der Waals surface area contributed by atoms with Gasteiger partial charge in [0.2, 0.25) is 0 Å². The average Bonchev–Trinajstić information content (AvgIpc) is 2.82. The van der Waals surface area contributed by atoms with Crippen LogP contribution in [0.5, 0.6) is 5.75 Å². The SMILES string of the molecule is COc1c(C)cnc(Cn2cc(C(C)(C)N)nn2)c1C. The van der Waals surface area contributed by atoms with Crippen molar-refractivity contribution in [3.8, 4) is 5.75 Å². The zero-order valence-corrected chi connectivity index (χ0v) is 12.6. The molecule has 0 bridgehead atoms. The summed E-state index contributed by atoms with van der Waals surface area (Å²) < 4.78 is 7.15. The first kappa shape index (κ1) is 14.5. The van der Waals surface area contributed by atoms with E-state index in [-0.39, 0.29) is 0 Å². The highest BCUT2D eigenvalue weighted by Gasteiger charge is 2.19. The molecule has 2 aromatic heterocycles. The normalized spacial score (nSPS) is 11.7. The van der Waals surface area contributed by atoms with Crippen LogP contribution in [-0.4, -0.2) is 27.1 Å². The quantitative estimate of drug-likeness (QED) is 0.915. The van der Waals surface area contributed by atoms with Gasteiger partial charge in [-0.1, -0.05) is 5.21 Å². The van der Waals surface area contributed by atoms with E-state index in [1.165, 1.54) is 0 Å². The Kier molecular flexibility index (Phi) is 3.76. The number of hydrogen-bond acceptors (Lipinski definition) is 5. The monoisotopic (exact) mass is 275 g/mol. The first-order valence-electron chi connectivity index (χ1n) is 6.51. The highest BCUT2D eigenvalue weighted by molar-refractivity contribution is 5.41. The van der Waals surface area contributed by atoms with E-state index in [1.54, 1.807) is 11.8 Å². The summed E-state index contributed by atoms with van der Waals surface area (Å²) >= 11 is 0. The Bertz CT molecular complexity index is 613. The Balaban J connectivity index is 2.29. The van der Waals surface area contributed by atoms with Gasteiger partial charge >= 0.3 is 0 Å². The van der Waals surface area contributed by atoms with Crippen LogP contribution < -0.4 is 10.5 Å². The number of aromatic nitrogens is 4. The smallest absolute Gasteiger partial charge is 0.128 e. The van der Waals surface area contributed by atoms with Gasteiger partial charge in [0.25, 0.3) is 0 Å². The van der Waals surface area contributed by atoms with Gasteiger partial charge in [-0.05, 0) is 27.7 Å². The fraction of sp³-hybridized carbons (Fsp3) is 0.500.